The predicted molar refractivity (Wildman–Crippen MR) is 68.8 cm³/mol. The number of fused-ring (bicyclic) bond motifs is 1. The maximum Gasteiger partial charge on any atom is 0.224 e. The fourth-order valence-corrected chi connectivity index (χ4v) is 1.81. The maximum absolute atomic E-state index is 11.3. The van der Waals surface area contributed by atoms with Crippen molar-refractivity contribution in [2.75, 3.05) is 17.8 Å². The number of nitrogens with one attached hydrogen (secondary N) is 1. The van der Waals surface area contributed by atoms with E-state index in [-0.39, 0.29) is 5.91 Å². The first kappa shape index (κ1) is 12.2. The van der Waals surface area contributed by atoms with Gasteiger partial charge in [-0.25, -0.2) is 0 Å². The zero-order valence-corrected chi connectivity index (χ0v) is 10.6. The lowest BCUT2D eigenvalue weighted by atomic mass is 10.0. The SMILES string of the molecule is CC(CCl)COc1ccc2c(c1)NC(=O)CC2. The largest absolute Gasteiger partial charge is 0.493 e. The lowest BCUT2D eigenvalue weighted by Crippen LogP contribution is -2.19. The Morgan fingerprint density at radius 3 is 3.06 bits per heavy atom. The molecule has 92 valence electrons. The molecule has 0 radical (unpaired) electrons. The van der Waals surface area contributed by atoms with Gasteiger partial charge in [0.05, 0.1) is 6.61 Å². The normalized spacial score (nSPS) is 16.0. The molecular weight excluding hydrogens is 238 g/mol. The second-order valence-corrected chi connectivity index (χ2v) is 4.75. The van der Waals surface area contributed by atoms with Gasteiger partial charge < -0.3 is 10.1 Å². The fraction of sp³-hybridized carbons (Fsp3) is 0.462. The van der Waals surface area contributed by atoms with Crippen LogP contribution in [0.2, 0.25) is 0 Å². The van der Waals surface area contributed by atoms with Crippen LogP contribution in [-0.4, -0.2) is 18.4 Å². The van der Waals surface area contributed by atoms with E-state index in [2.05, 4.69) is 5.32 Å². The summed E-state index contributed by atoms with van der Waals surface area (Å²) in [6, 6.07) is 5.83. The molecule has 1 aliphatic heterocycles. The van der Waals surface area contributed by atoms with Gasteiger partial charge in [-0.05, 0) is 18.1 Å². The number of carbonyl (C=O) groups excluding carboxylic acids is 1. The van der Waals surface area contributed by atoms with E-state index in [4.69, 9.17) is 16.3 Å². The van der Waals surface area contributed by atoms with Gasteiger partial charge in [0.15, 0.2) is 0 Å². The van der Waals surface area contributed by atoms with Crippen molar-refractivity contribution >= 4 is 23.2 Å². The van der Waals surface area contributed by atoms with Crippen LogP contribution in [0, 0.1) is 5.92 Å². The highest BCUT2D eigenvalue weighted by Gasteiger charge is 2.15. The summed E-state index contributed by atoms with van der Waals surface area (Å²) in [6.07, 6.45) is 1.37. The molecule has 1 N–H and O–H groups in total. The third-order valence-electron chi connectivity index (χ3n) is 2.77. The molecule has 3 nitrogen and oxygen atoms in total. The Bertz CT molecular complexity index is 420. The molecule has 4 heteroatoms. The summed E-state index contributed by atoms with van der Waals surface area (Å²) >= 11 is 5.72. The number of carbonyl (C=O) groups is 1. The monoisotopic (exact) mass is 253 g/mol. The van der Waals surface area contributed by atoms with Crippen molar-refractivity contribution in [2.24, 2.45) is 5.92 Å². The van der Waals surface area contributed by atoms with Gasteiger partial charge in [-0.3, -0.25) is 4.79 Å². The Labute approximate surface area is 106 Å². The van der Waals surface area contributed by atoms with Gasteiger partial charge in [0.25, 0.3) is 0 Å². The van der Waals surface area contributed by atoms with E-state index in [1.54, 1.807) is 0 Å². The van der Waals surface area contributed by atoms with E-state index in [9.17, 15) is 4.79 Å². The lowest BCUT2D eigenvalue weighted by Gasteiger charge is -2.18. The minimum atomic E-state index is 0.0729. The molecule has 0 bridgehead atoms. The molecule has 0 saturated heterocycles. The molecule has 17 heavy (non-hydrogen) atoms. The van der Waals surface area contributed by atoms with E-state index in [0.717, 1.165) is 17.9 Å². The highest BCUT2D eigenvalue weighted by atomic mass is 35.5. The van der Waals surface area contributed by atoms with Crippen molar-refractivity contribution in [3.8, 4) is 5.75 Å². The smallest absolute Gasteiger partial charge is 0.224 e. The number of hydrogen-bond donors (Lipinski definition) is 1. The van der Waals surface area contributed by atoms with Crippen LogP contribution in [0.15, 0.2) is 18.2 Å². The third-order valence-corrected chi connectivity index (χ3v) is 3.30. The summed E-state index contributed by atoms with van der Waals surface area (Å²) in [7, 11) is 0. The summed E-state index contributed by atoms with van der Waals surface area (Å²) in [4.78, 5) is 11.3. The highest BCUT2D eigenvalue weighted by Crippen LogP contribution is 2.27. The Morgan fingerprint density at radius 1 is 1.47 bits per heavy atom. The van der Waals surface area contributed by atoms with Gasteiger partial charge in [-0.2, -0.15) is 0 Å². The topological polar surface area (TPSA) is 38.3 Å². The second-order valence-electron chi connectivity index (χ2n) is 4.44. The number of rotatable bonds is 4. The summed E-state index contributed by atoms with van der Waals surface area (Å²) in [6.45, 7) is 2.63. The van der Waals surface area contributed by atoms with Gasteiger partial charge >= 0.3 is 0 Å². The van der Waals surface area contributed by atoms with Gasteiger partial charge in [-0.1, -0.05) is 13.0 Å². The minimum absolute atomic E-state index is 0.0729. The Hall–Kier alpha value is -1.22. The van der Waals surface area contributed by atoms with Crippen molar-refractivity contribution in [1.82, 2.24) is 0 Å². The highest BCUT2D eigenvalue weighted by molar-refractivity contribution is 6.18. The molecule has 1 atom stereocenters. The standard InChI is InChI=1S/C13H16ClNO2/c1-9(7-14)8-17-11-4-2-10-3-5-13(16)15-12(10)6-11/h2,4,6,9H,3,5,7-8H2,1H3,(H,15,16). The predicted octanol–water partition coefficient (Wildman–Crippen LogP) is 2.83. The molecule has 2 rings (SSSR count). The molecule has 1 aromatic carbocycles. The van der Waals surface area contributed by atoms with Crippen LogP contribution in [-0.2, 0) is 11.2 Å². The summed E-state index contributed by atoms with van der Waals surface area (Å²) in [5.74, 6) is 1.76. The molecule has 0 fully saturated rings. The first-order valence-corrected chi connectivity index (χ1v) is 6.34. The molecule has 1 heterocycles. The van der Waals surface area contributed by atoms with Gasteiger partial charge in [0.2, 0.25) is 5.91 Å². The number of hydrogen-bond acceptors (Lipinski definition) is 2. The Morgan fingerprint density at radius 2 is 2.29 bits per heavy atom. The third kappa shape index (κ3) is 3.13. The number of alkyl halides is 1. The molecule has 1 aromatic rings. The molecule has 0 aliphatic carbocycles. The first-order valence-electron chi connectivity index (χ1n) is 5.80. The number of anilines is 1. The van der Waals surface area contributed by atoms with Gasteiger partial charge in [-0.15, -0.1) is 11.6 Å². The summed E-state index contributed by atoms with van der Waals surface area (Å²) < 4.78 is 5.62. The van der Waals surface area contributed by atoms with Gasteiger partial charge in [0.1, 0.15) is 5.75 Å². The first-order chi connectivity index (χ1) is 8.19. The number of aryl methyl sites for hydroxylation is 1. The second kappa shape index (κ2) is 5.41. The van der Waals surface area contributed by atoms with Crippen LogP contribution >= 0.6 is 11.6 Å². The molecule has 0 saturated carbocycles. The van der Waals surface area contributed by atoms with Gasteiger partial charge in [0, 0.05) is 30.0 Å². The lowest BCUT2D eigenvalue weighted by molar-refractivity contribution is -0.116. The quantitative estimate of drug-likeness (QED) is 0.838. The minimum Gasteiger partial charge on any atom is -0.493 e. The van der Waals surface area contributed by atoms with Crippen molar-refractivity contribution in [3.63, 3.8) is 0 Å². The van der Waals surface area contributed by atoms with Crippen LogP contribution in [0.5, 0.6) is 5.75 Å². The zero-order valence-electron chi connectivity index (χ0n) is 9.83. The van der Waals surface area contributed by atoms with Crippen molar-refractivity contribution < 1.29 is 9.53 Å². The molecular formula is C13H16ClNO2. The number of ether oxygens (including phenoxy) is 1. The molecule has 1 unspecified atom stereocenters. The van der Waals surface area contributed by atoms with Crippen LogP contribution < -0.4 is 10.1 Å². The number of halogens is 1. The zero-order chi connectivity index (χ0) is 12.3. The Balaban J connectivity index is 2.05. The van der Waals surface area contributed by atoms with E-state index < -0.39 is 0 Å². The van der Waals surface area contributed by atoms with E-state index >= 15 is 0 Å². The van der Waals surface area contributed by atoms with Crippen molar-refractivity contribution in [3.05, 3.63) is 23.8 Å². The van der Waals surface area contributed by atoms with Crippen LogP contribution in [0.25, 0.3) is 0 Å². The van der Waals surface area contributed by atoms with E-state index in [1.165, 1.54) is 5.56 Å². The Kier molecular flexibility index (Phi) is 3.89. The summed E-state index contributed by atoms with van der Waals surface area (Å²) in [5, 5.41) is 2.86. The average Bonchev–Trinajstić information content (AvgIpc) is 2.35. The number of amides is 1. The van der Waals surface area contributed by atoms with Crippen molar-refractivity contribution in [1.29, 1.82) is 0 Å². The molecule has 1 aliphatic rings. The summed E-state index contributed by atoms with van der Waals surface area (Å²) in [5.41, 5.74) is 2.04. The van der Waals surface area contributed by atoms with E-state index in [1.807, 2.05) is 25.1 Å². The van der Waals surface area contributed by atoms with Crippen LogP contribution in [0.1, 0.15) is 18.9 Å². The molecule has 1 amide bonds. The van der Waals surface area contributed by atoms with Crippen molar-refractivity contribution in [2.45, 2.75) is 19.8 Å². The average molecular weight is 254 g/mol. The molecule has 0 spiro atoms. The molecule has 0 aromatic heterocycles. The van der Waals surface area contributed by atoms with Crippen LogP contribution in [0.4, 0.5) is 5.69 Å². The maximum atomic E-state index is 11.3. The fourth-order valence-electron chi connectivity index (χ4n) is 1.72. The number of benzene rings is 1. The van der Waals surface area contributed by atoms with Crippen LogP contribution in [0.3, 0.4) is 0 Å². The van der Waals surface area contributed by atoms with E-state index in [0.29, 0.717) is 24.8 Å².